The lowest BCUT2D eigenvalue weighted by Crippen LogP contribution is -2.69. The molecule has 1 aromatic heterocycles. The van der Waals surface area contributed by atoms with Crippen LogP contribution in [0.15, 0.2) is 48.8 Å². The predicted octanol–water partition coefficient (Wildman–Crippen LogP) is 1.94. The molecule has 0 aliphatic heterocycles. The van der Waals surface area contributed by atoms with Gasteiger partial charge in [0.1, 0.15) is 0 Å². The Morgan fingerprint density at radius 2 is 1.71 bits per heavy atom. The van der Waals surface area contributed by atoms with Gasteiger partial charge in [-0.2, -0.15) is 18.6 Å². The molecule has 2 rings (SSSR count). The first-order chi connectivity index (χ1) is 11.4. The normalized spacial score (nSPS) is 13.7. The van der Waals surface area contributed by atoms with E-state index in [4.69, 9.17) is 0 Å². The molecule has 0 bridgehead atoms. The standard InChI is InChI=1S/C14H14F3N5O2/c1-24-11(23)13(14(15,16)17,20-12-18-8-5-9-19-12)22-21-10-6-3-2-4-7-10/h2-9,21-22H,1H3,(H,18,19,20)/t13-/m1/s1. The Morgan fingerprint density at radius 3 is 2.25 bits per heavy atom. The zero-order valence-corrected chi connectivity index (χ0v) is 12.5. The first kappa shape index (κ1) is 17.5. The molecular formula is C14H14F3N5O2. The first-order valence-corrected chi connectivity index (χ1v) is 6.67. The summed E-state index contributed by atoms with van der Waals surface area (Å²) in [6.45, 7) is 0. The average molecular weight is 341 g/mol. The van der Waals surface area contributed by atoms with Crippen LogP contribution >= 0.6 is 0 Å². The number of esters is 1. The van der Waals surface area contributed by atoms with Gasteiger partial charge in [0.25, 0.3) is 0 Å². The molecule has 10 heteroatoms. The van der Waals surface area contributed by atoms with E-state index in [1.807, 2.05) is 10.7 Å². The van der Waals surface area contributed by atoms with Gasteiger partial charge in [0, 0.05) is 18.1 Å². The van der Waals surface area contributed by atoms with Gasteiger partial charge >= 0.3 is 17.8 Å². The summed E-state index contributed by atoms with van der Waals surface area (Å²) < 4.78 is 45.4. The minimum absolute atomic E-state index is 0.311. The summed E-state index contributed by atoms with van der Waals surface area (Å²) in [4.78, 5) is 19.2. The fourth-order valence-electron chi connectivity index (χ4n) is 1.76. The van der Waals surface area contributed by atoms with Gasteiger partial charge in [0.05, 0.1) is 7.11 Å². The van der Waals surface area contributed by atoms with Crippen molar-refractivity contribution in [3.63, 3.8) is 0 Å². The molecule has 0 saturated carbocycles. The van der Waals surface area contributed by atoms with E-state index in [0.717, 1.165) is 7.11 Å². The fourth-order valence-corrected chi connectivity index (χ4v) is 1.76. The van der Waals surface area contributed by atoms with Crippen molar-refractivity contribution >= 4 is 17.6 Å². The number of carbonyl (C=O) groups excluding carboxylic acids is 1. The number of methoxy groups -OCH3 is 1. The maximum atomic E-state index is 13.7. The Hall–Kier alpha value is -2.88. The van der Waals surface area contributed by atoms with E-state index in [-0.39, 0.29) is 0 Å². The lowest BCUT2D eigenvalue weighted by molar-refractivity contribution is -0.204. The van der Waals surface area contributed by atoms with Crippen LogP contribution in [-0.2, 0) is 9.53 Å². The molecule has 7 nitrogen and oxygen atoms in total. The van der Waals surface area contributed by atoms with Crippen LogP contribution in [0.25, 0.3) is 0 Å². The molecule has 0 fully saturated rings. The summed E-state index contributed by atoms with van der Waals surface area (Å²) in [5, 5.41) is 1.96. The third-order valence-electron chi connectivity index (χ3n) is 2.95. The monoisotopic (exact) mass is 341 g/mol. The maximum absolute atomic E-state index is 13.7. The lowest BCUT2D eigenvalue weighted by atomic mass is 10.1. The molecule has 0 aliphatic rings. The van der Waals surface area contributed by atoms with Crippen molar-refractivity contribution in [2.45, 2.75) is 11.8 Å². The van der Waals surface area contributed by atoms with Crippen molar-refractivity contribution in [2.75, 3.05) is 17.9 Å². The van der Waals surface area contributed by atoms with Crippen LogP contribution < -0.4 is 16.2 Å². The van der Waals surface area contributed by atoms with Crippen molar-refractivity contribution in [1.29, 1.82) is 0 Å². The van der Waals surface area contributed by atoms with Crippen LogP contribution in [0.2, 0.25) is 0 Å². The van der Waals surface area contributed by atoms with Gasteiger partial charge in [-0.25, -0.2) is 14.8 Å². The minimum Gasteiger partial charge on any atom is -0.466 e. The molecule has 0 aliphatic carbocycles. The van der Waals surface area contributed by atoms with E-state index in [1.54, 1.807) is 18.2 Å². The van der Waals surface area contributed by atoms with Crippen molar-refractivity contribution in [1.82, 2.24) is 15.4 Å². The highest BCUT2D eigenvalue weighted by atomic mass is 19.4. The van der Waals surface area contributed by atoms with E-state index in [0.29, 0.717) is 5.69 Å². The smallest absolute Gasteiger partial charge is 0.438 e. The number of rotatable bonds is 6. The van der Waals surface area contributed by atoms with Gasteiger partial charge in [-0.15, -0.1) is 0 Å². The van der Waals surface area contributed by atoms with Gasteiger partial charge in [0.2, 0.25) is 5.95 Å². The SMILES string of the molecule is COC(=O)[C@](NNc1ccccc1)(Nc1ncccn1)C(F)(F)F. The molecule has 1 atom stereocenters. The topological polar surface area (TPSA) is 88.2 Å². The van der Waals surface area contributed by atoms with Crippen LogP contribution in [0.1, 0.15) is 0 Å². The average Bonchev–Trinajstić information content (AvgIpc) is 2.58. The van der Waals surface area contributed by atoms with Gasteiger partial charge < -0.3 is 15.5 Å². The van der Waals surface area contributed by atoms with E-state index in [1.165, 1.54) is 30.6 Å². The number of ether oxygens (including phenoxy) is 1. The van der Waals surface area contributed by atoms with Crippen LogP contribution in [0.4, 0.5) is 24.8 Å². The van der Waals surface area contributed by atoms with E-state index < -0.39 is 23.8 Å². The van der Waals surface area contributed by atoms with E-state index >= 15 is 0 Å². The lowest BCUT2D eigenvalue weighted by Gasteiger charge is -2.34. The summed E-state index contributed by atoms with van der Waals surface area (Å²) >= 11 is 0. The number of carbonyl (C=O) groups is 1. The van der Waals surface area contributed by atoms with Crippen molar-refractivity contribution < 1.29 is 22.7 Å². The molecule has 0 spiro atoms. The summed E-state index contributed by atoms with van der Waals surface area (Å²) in [6, 6.07) is 9.39. The number of nitrogens with one attached hydrogen (secondary N) is 3. The van der Waals surface area contributed by atoms with Gasteiger partial charge in [-0.3, -0.25) is 0 Å². The van der Waals surface area contributed by atoms with E-state index in [9.17, 15) is 18.0 Å². The fraction of sp³-hybridized carbons (Fsp3) is 0.214. The zero-order valence-electron chi connectivity index (χ0n) is 12.5. The molecule has 2 aromatic rings. The molecule has 0 saturated heterocycles. The zero-order chi connectivity index (χ0) is 17.6. The minimum atomic E-state index is -5.07. The van der Waals surface area contributed by atoms with Gasteiger partial charge in [-0.1, -0.05) is 18.2 Å². The Labute approximate surface area is 135 Å². The maximum Gasteiger partial charge on any atom is 0.438 e. The number of hydrazine groups is 1. The molecular weight excluding hydrogens is 327 g/mol. The molecule has 1 heterocycles. The number of hydrogen-bond donors (Lipinski definition) is 3. The van der Waals surface area contributed by atoms with Gasteiger partial charge in [0.15, 0.2) is 0 Å². The number of benzene rings is 1. The highest BCUT2D eigenvalue weighted by Crippen LogP contribution is 2.32. The molecule has 0 amide bonds. The highest BCUT2D eigenvalue weighted by Gasteiger charge is 2.63. The summed E-state index contributed by atoms with van der Waals surface area (Å²) in [7, 11) is 0.848. The molecule has 128 valence electrons. The summed E-state index contributed by atoms with van der Waals surface area (Å²) in [5.74, 6) is -2.01. The van der Waals surface area contributed by atoms with Crippen LogP contribution in [-0.4, -0.2) is 34.9 Å². The highest BCUT2D eigenvalue weighted by molar-refractivity contribution is 5.84. The number of hydrogen-bond acceptors (Lipinski definition) is 7. The third-order valence-corrected chi connectivity index (χ3v) is 2.95. The second-order valence-electron chi connectivity index (χ2n) is 4.55. The van der Waals surface area contributed by atoms with Crippen molar-refractivity contribution in [2.24, 2.45) is 0 Å². The Morgan fingerprint density at radius 1 is 1.08 bits per heavy atom. The Bertz CT molecular complexity index is 669. The number of para-hydroxylation sites is 1. The first-order valence-electron chi connectivity index (χ1n) is 6.67. The van der Waals surface area contributed by atoms with Crippen LogP contribution in [0.5, 0.6) is 0 Å². The Balaban J connectivity index is 2.36. The number of aromatic nitrogens is 2. The molecule has 0 radical (unpaired) electrons. The van der Waals surface area contributed by atoms with Crippen LogP contribution in [0, 0.1) is 0 Å². The Kier molecular flexibility index (Phi) is 5.19. The second kappa shape index (κ2) is 7.13. The molecule has 3 N–H and O–H groups in total. The number of alkyl halides is 3. The molecule has 24 heavy (non-hydrogen) atoms. The number of halogens is 3. The predicted molar refractivity (Wildman–Crippen MR) is 79.7 cm³/mol. The summed E-state index contributed by atoms with van der Waals surface area (Å²) in [6.07, 6.45) is -2.60. The van der Waals surface area contributed by atoms with E-state index in [2.05, 4.69) is 20.1 Å². The van der Waals surface area contributed by atoms with Crippen molar-refractivity contribution in [3.8, 4) is 0 Å². The third kappa shape index (κ3) is 3.71. The quantitative estimate of drug-likeness (QED) is 0.420. The van der Waals surface area contributed by atoms with Gasteiger partial charge in [-0.05, 0) is 18.2 Å². The largest absolute Gasteiger partial charge is 0.466 e. The molecule has 1 aromatic carbocycles. The second-order valence-corrected chi connectivity index (χ2v) is 4.55. The number of nitrogens with zero attached hydrogens (tertiary/aromatic N) is 2. The van der Waals surface area contributed by atoms with Crippen LogP contribution in [0.3, 0.4) is 0 Å². The summed E-state index contributed by atoms with van der Waals surface area (Å²) in [5.41, 5.74) is 1.30. The molecule has 0 unspecified atom stereocenters. The number of anilines is 2. The van der Waals surface area contributed by atoms with Crippen molar-refractivity contribution in [3.05, 3.63) is 48.8 Å².